The van der Waals surface area contributed by atoms with E-state index >= 15 is 0 Å². The highest BCUT2D eigenvalue weighted by molar-refractivity contribution is 6.30. The molecule has 112 valence electrons. The predicted octanol–water partition coefficient (Wildman–Crippen LogP) is 4.29. The molecule has 1 aromatic heterocycles. The number of benzene rings is 1. The number of hydrogen-bond acceptors (Lipinski definition) is 2. The first-order valence-corrected chi connectivity index (χ1v) is 7.89. The van der Waals surface area contributed by atoms with Crippen molar-refractivity contribution < 1.29 is 0 Å². The Kier molecular flexibility index (Phi) is 3.80. The summed E-state index contributed by atoms with van der Waals surface area (Å²) in [4.78, 5) is 0. The molecule has 1 aliphatic carbocycles. The van der Waals surface area contributed by atoms with Crippen molar-refractivity contribution in [2.45, 2.75) is 51.6 Å². The normalized spacial score (nSPS) is 15.4. The van der Waals surface area contributed by atoms with E-state index in [9.17, 15) is 0 Å². The van der Waals surface area contributed by atoms with Crippen LogP contribution in [-0.4, -0.2) is 15.3 Å². The van der Waals surface area contributed by atoms with Gasteiger partial charge in [0, 0.05) is 29.2 Å². The molecule has 3 nitrogen and oxygen atoms in total. The molecule has 1 heterocycles. The van der Waals surface area contributed by atoms with Crippen molar-refractivity contribution in [1.82, 2.24) is 15.1 Å². The number of hydrogen-bond donors (Lipinski definition) is 1. The summed E-state index contributed by atoms with van der Waals surface area (Å²) < 4.78 is 1.96. The van der Waals surface area contributed by atoms with Crippen LogP contribution in [0.2, 0.25) is 5.02 Å². The van der Waals surface area contributed by atoms with Crippen LogP contribution < -0.4 is 5.32 Å². The molecule has 1 saturated carbocycles. The molecular formula is C17H22ClN3. The second-order valence-corrected chi connectivity index (χ2v) is 7.27. The number of nitrogens with zero attached hydrogens (tertiary/aromatic N) is 2. The lowest BCUT2D eigenvalue weighted by Crippen LogP contribution is -2.35. The van der Waals surface area contributed by atoms with E-state index in [4.69, 9.17) is 16.7 Å². The first kappa shape index (κ1) is 14.6. The van der Waals surface area contributed by atoms with Crippen molar-refractivity contribution in [2.24, 2.45) is 0 Å². The summed E-state index contributed by atoms with van der Waals surface area (Å²) in [7, 11) is 0. The van der Waals surface area contributed by atoms with Crippen LogP contribution in [0.25, 0.3) is 5.69 Å². The van der Waals surface area contributed by atoms with Gasteiger partial charge in [-0.15, -0.1) is 0 Å². The van der Waals surface area contributed by atoms with Gasteiger partial charge >= 0.3 is 0 Å². The smallest absolute Gasteiger partial charge is 0.0705 e. The first-order valence-electron chi connectivity index (χ1n) is 7.52. The highest BCUT2D eigenvalue weighted by atomic mass is 35.5. The summed E-state index contributed by atoms with van der Waals surface area (Å²) in [5.41, 5.74) is 3.55. The lowest BCUT2D eigenvalue weighted by molar-refractivity contribution is 0.424. The van der Waals surface area contributed by atoms with Crippen LogP contribution >= 0.6 is 11.6 Å². The number of aromatic nitrogens is 2. The minimum Gasteiger partial charge on any atom is -0.308 e. The Morgan fingerprint density at radius 3 is 2.71 bits per heavy atom. The maximum Gasteiger partial charge on any atom is 0.0705 e. The number of nitrogens with one attached hydrogen (secondary N) is 1. The zero-order valence-corrected chi connectivity index (χ0v) is 13.6. The van der Waals surface area contributed by atoms with E-state index in [2.05, 4.69) is 38.2 Å². The van der Waals surface area contributed by atoms with Gasteiger partial charge in [-0.2, -0.15) is 5.10 Å². The lowest BCUT2D eigenvalue weighted by Gasteiger charge is -2.21. The minimum absolute atomic E-state index is 0.0835. The number of rotatable bonds is 4. The zero-order chi connectivity index (χ0) is 15.0. The summed E-state index contributed by atoms with van der Waals surface area (Å²) >= 11 is 6.18. The third-order valence-electron chi connectivity index (χ3n) is 3.71. The molecule has 1 N–H and O–H groups in total. The van der Waals surface area contributed by atoms with Crippen molar-refractivity contribution in [2.75, 3.05) is 0 Å². The maximum atomic E-state index is 6.18. The average Bonchev–Trinajstić information content (AvgIpc) is 3.14. The molecule has 2 aromatic rings. The van der Waals surface area contributed by atoms with Crippen LogP contribution in [0.5, 0.6) is 0 Å². The minimum atomic E-state index is 0.0835. The molecule has 3 rings (SSSR count). The van der Waals surface area contributed by atoms with Gasteiger partial charge in [0.15, 0.2) is 0 Å². The van der Waals surface area contributed by atoms with Gasteiger partial charge in [-0.25, -0.2) is 4.68 Å². The van der Waals surface area contributed by atoms with Gasteiger partial charge in [-0.1, -0.05) is 17.7 Å². The van der Waals surface area contributed by atoms with Gasteiger partial charge in [0.25, 0.3) is 0 Å². The van der Waals surface area contributed by atoms with Crippen LogP contribution in [0.3, 0.4) is 0 Å². The SMILES string of the molecule is CC(C)(C)NCc1ccc(Cl)cc1-n1ccc(C2CC2)n1. The molecule has 0 amide bonds. The molecule has 0 saturated heterocycles. The van der Waals surface area contributed by atoms with Gasteiger partial charge in [0.05, 0.1) is 11.4 Å². The maximum absolute atomic E-state index is 6.18. The summed E-state index contributed by atoms with van der Waals surface area (Å²) in [5, 5.41) is 8.99. The standard InChI is InChI=1S/C17H22ClN3/c1-17(2,3)19-11-13-6-7-14(18)10-16(13)21-9-8-15(20-21)12-4-5-12/h6-10,12,19H,4-5,11H2,1-3H3. The Labute approximate surface area is 131 Å². The molecular weight excluding hydrogens is 282 g/mol. The predicted molar refractivity (Wildman–Crippen MR) is 87.1 cm³/mol. The van der Waals surface area contributed by atoms with Crippen molar-refractivity contribution >= 4 is 11.6 Å². The Balaban J connectivity index is 1.89. The molecule has 0 atom stereocenters. The van der Waals surface area contributed by atoms with Crippen LogP contribution in [0.1, 0.15) is 50.8 Å². The average molecular weight is 304 g/mol. The Bertz CT molecular complexity index is 636. The zero-order valence-electron chi connectivity index (χ0n) is 12.9. The third-order valence-corrected chi connectivity index (χ3v) is 3.94. The highest BCUT2D eigenvalue weighted by Gasteiger charge is 2.26. The first-order chi connectivity index (χ1) is 9.92. The molecule has 1 aromatic carbocycles. The Morgan fingerprint density at radius 2 is 2.05 bits per heavy atom. The lowest BCUT2D eigenvalue weighted by atomic mass is 10.1. The highest BCUT2D eigenvalue weighted by Crippen LogP contribution is 2.39. The van der Waals surface area contributed by atoms with Crippen LogP contribution in [0.15, 0.2) is 30.5 Å². The van der Waals surface area contributed by atoms with Gasteiger partial charge in [0.2, 0.25) is 0 Å². The van der Waals surface area contributed by atoms with Crippen molar-refractivity contribution in [3.8, 4) is 5.69 Å². The molecule has 0 bridgehead atoms. The number of halogens is 1. The van der Waals surface area contributed by atoms with Crippen molar-refractivity contribution in [1.29, 1.82) is 0 Å². The van der Waals surface area contributed by atoms with E-state index in [1.165, 1.54) is 24.1 Å². The van der Waals surface area contributed by atoms with Gasteiger partial charge in [-0.05, 0) is 57.4 Å². The Hall–Kier alpha value is -1.32. The second-order valence-electron chi connectivity index (χ2n) is 6.84. The van der Waals surface area contributed by atoms with E-state index in [1.54, 1.807) is 0 Å². The van der Waals surface area contributed by atoms with E-state index < -0.39 is 0 Å². The van der Waals surface area contributed by atoms with Crippen LogP contribution in [-0.2, 0) is 6.54 Å². The van der Waals surface area contributed by atoms with E-state index in [0.717, 1.165) is 17.3 Å². The molecule has 1 fully saturated rings. The van der Waals surface area contributed by atoms with Gasteiger partial charge in [0.1, 0.15) is 0 Å². The van der Waals surface area contributed by atoms with Gasteiger partial charge in [-0.3, -0.25) is 0 Å². The summed E-state index contributed by atoms with van der Waals surface area (Å²) in [5.74, 6) is 0.668. The third kappa shape index (κ3) is 3.66. The summed E-state index contributed by atoms with van der Waals surface area (Å²) in [6.07, 6.45) is 4.58. The molecule has 21 heavy (non-hydrogen) atoms. The van der Waals surface area contributed by atoms with E-state index in [-0.39, 0.29) is 5.54 Å². The van der Waals surface area contributed by atoms with E-state index in [0.29, 0.717) is 5.92 Å². The van der Waals surface area contributed by atoms with Crippen molar-refractivity contribution in [3.05, 3.63) is 46.7 Å². The van der Waals surface area contributed by atoms with Crippen LogP contribution in [0.4, 0.5) is 0 Å². The van der Waals surface area contributed by atoms with Gasteiger partial charge < -0.3 is 5.32 Å². The fourth-order valence-corrected chi connectivity index (χ4v) is 2.50. The largest absolute Gasteiger partial charge is 0.308 e. The molecule has 0 spiro atoms. The quantitative estimate of drug-likeness (QED) is 0.913. The fraction of sp³-hybridized carbons (Fsp3) is 0.471. The molecule has 0 aliphatic heterocycles. The Morgan fingerprint density at radius 1 is 1.29 bits per heavy atom. The monoisotopic (exact) mass is 303 g/mol. The van der Waals surface area contributed by atoms with Crippen molar-refractivity contribution in [3.63, 3.8) is 0 Å². The summed E-state index contributed by atoms with van der Waals surface area (Å²) in [6, 6.07) is 8.13. The second kappa shape index (κ2) is 5.47. The molecule has 0 radical (unpaired) electrons. The molecule has 4 heteroatoms. The topological polar surface area (TPSA) is 29.9 Å². The van der Waals surface area contributed by atoms with E-state index in [1.807, 2.05) is 23.0 Å². The molecule has 0 unspecified atom stereocenters. The van der Waals surface area contributed by atoms with Crippen LogP contribution in [0, 0.1) is 0 Å². The fourth-order valence-electron chi connectivity index (χ4n) is 2.33. The summed E-state index contributed by atoms with van der Waals surface area (Å²) in [6.45, 7) is 7.31. The molecule has 1 aliphatic rings.